The lowest BCUT2D eigenvalue weighted by molar-refractivity contribution is 0.794. The number of benzene rings is 1. The molecule has 0 N–H and O–H groups in total. The molecule has 1 heterocycles. The summed E-state index contributed by atoms with van der Waals surface area (Å²) in [5, 5.41) is 8.83. The quantitative estimate of drug-likeness (QED) is 0.702. The Bertz CT molecular complexity index is 499. The zero-order valence-corrected chi connectivity index (χ0v) is 13.2. The minimum Gasteiger partial charge on any atom is -0.218 e. The van der Waals surface area contributed by atoms with Gasteiger partial charge in [-0.15, -0.1) is 5.10 Å². The predicted octanol–water partition coefficient (Wildman–Crippen LogP) is 4.00. The van der Waals surface area contributed by atoms with Crippen LogP contribution in [0.3, 0.4) is 0 Å². The van der Waals surface area contributed by atoms with Crippen LogP contribution in [0, 0.1) is 6.92 Å². The Kier molecular flexibility index (Phi) is 3.81. The molecule has 6 heteroatoms. The van der Waals surface area contributed by atoms with E-state index in [-0.39, 0.29) is 0 Å². The lowest BCUT2D eigenvalue weighted by atomic mass is 10.2. The van der Waals surface area contributed by atoms with E-state index in [0.717, 1.165) is 20.3 Å². The SMILES string of the molecule is Cc1cc(Br)c(-n2cc(CBr)nn2)c(Br)c1. The molecule has 3 nitrogen and oxygen atoms in total. The lowest BCUT2D eigenvalue weighted by Gasteiger charge is -2.07. The van der Waals surface area contributed by atoms with Crippen molar-refractivity contribution >= 4 is 47.8 Å². The van der Waals surface area contributed by atoms with Crippen LogP contribution in [0.15, 0.2) is 27.3 Å². The molecule has 0 fully saturated rings. The summed E-state index contributed by atoms with van der Waals surface area (Å²) in [5.74, 6) is 0. The van der Waals surface area contributed by atoms with Crippen LogP contribution in [0.4, 0.5) is 0 Å². The van der Waals surface area contributed by atoms with Crippen LogP contribution in [-0.4, -0.2) is 15.0 Å². The largest absolute Gasteiger partial charge is 0.218 e. The molecular formula is C10H8Br3N3. The predicted molar refractivity (Wildman–Crippen MR) is 74.1 cm³/mol. The highest BCUT2D eigenvalue weighted by atomic mass is 79.9. The van der Waals surface area contributed by atoms with Gasteiger partial charge >= 0.3 is 0 Å². The highest BCUT2D eigenvalue weighted by Crippen LogP contribution is 2.30. The number of aromatic nitrogens is 3. The van der Waals surface area contributed by atoms with Crippen molar-refractivity contribution in [2.75, 3.05) is 0 Å². The fourth-order valence-corrected chi connectivity index (χ4v) is 3.42. The first kappa shape index (κ1) is 12.3. The second-order valence-corrected chi connectivity index (χ2v) is 5.63. The van der Waals surface area contributed by atoms with Gasteiger partial charge in [0.05, 0.1) is 17.6 Å². The maximum Gasteiger partial charge on any atom is 0.0947 e. The Hall–Kier alpha value is -0.200. The highest BCUT2D eigenvalue weighted by Gasteiger charge is 2.10. The van der Waals surface area contributed by atoms with Crippen LogP contribution in [0.1, 0.15) is 11.3 Å². The number of hydrogen-bond acceptors (Lipinski definition) is 2. The van der Waals surface area contributed by atoms with Crippen LogP contribution in [-0.2, 0) is 5.33 Å². The topological polar surface area (TPSA) is 30.7 Å². The molecule has 0 bridgehead atoms. The van der Waals surface area contributed by atoms with Crippen molar-refractivity contribution in [1.82, 2.24) is 15.0 Å². The van der Waals surface area contributed by atoms with Crippen molar-refractivity contribution in [2.24, 2.45) is 0 Å². The van der Waals surface area contributed by atoms with Gasteiger partial charge in [0.15, 0.2) is 0 Å². The van der Waals surface area contributed by atoms with E-state index in [0.29, 0.717) is 5.33 Å². The average molecular weight is 410 g/mol. The molecule has 0 saturated heterocycles. The second kappa shape index (κ2) is 4.98. The Morgan fingerprint density at radius 3 is 2.38 bits per heavy atom. The molecule has 1 aromatic carbocycles. The zero-order chi connectivity index (χ0) is 11.7. The van der Waals surface area contributed by atoms with E-state index in [1.54, 1.807) is 4.68 Å². The number of hydrogen-bond donors (Lipinski definition) is 0. The third kappa shape index (κ3) is 2.38. The minimum atomic E-state index is 0.702. The molecule has 16 heavy (non-hydrogen) atoms. The van der Waals surface area contributed by atoms with E-state index in [4.69, 9.17) is 0 Å². The van der Waals surface area contributed by atoms with Crippen molar-refractivity contribution in [3.8, 4) is 5.69 Å². The van der Waals surface area contributed by atoms with Crippen LogP contribution in [0.5, 0.6) is 0 Å². The van der Waals surface area contributed by atoms with Gasteiger partial charge in [0.25, 0.3) is 0 Å². The molecule has 0 aliphatic heterocycles. The monoisotopic (exact) mass is 407 g/mol. The summed E-state index contributed by atoms with van der Waals surface area (Å²) < 4.78 is 3.74. The van der Waals surface area contributed by atoms with Crippen molar-refractivity contribution in [3.05, 3.63) is 38.5 Å². The van der Waals surface area contributed by atoms with Crippen molar-refractivity contribution < 1.29 is 0 Å². The summed E-state index contributed by atoms with van der Waals surface area (Å²) in [4.78, 5) is 0. The number of halogens is 3. The Morgan fingerprint density at radius 1 is 1.25 bits per heavy atom. The van der Waals surface area contributed by atoms with Gasteiger partial charge < -0.3 is 0 Å². The molecule has 2 rings (SSSR count). The van der Waals surface area contributed by atoms with Crippen LogP contribution in [0.25, 0.3) is 5.69 Å². The molecule has 0 spiro atoms. The Morgan fingerprint density at radius 2 is 1.88 bits per heavy atom. The second-order valence-electron chi connectivity index (χ2n) is 3.37. The lowest BCUT2D eigenvalue weighted by Crippen LogP contribution is -1.98. The van der Waals surface area contributed by atoms with Crippen molar-refractivity contribution in [3.63, 3.8) is 0 Å². The first-order valence-corrected chi connectivity index (χ1v) is 7.26. The molecule has 0 radical (unpaired) electrons. The third-order valence-corrected chi connectivity index (χ3v) is 3.85. The van der Waals surface area contributed by atoms with E-state index in [1.165, 1.54) is 5.56 Å². The molecular weight excluding hydrogens is 402 g/mol. The van der Waals surface area contributed by atoms with Crippen molar-refractivity contribution in [2.45, 2.75) is 12.3 Å². The summed E-state index contributed by atoms with van der Waals surface area (Å²) >= 11 is 10.4. The Balaban J connectivity index is 2.55. The summed E-state index contributed by atoms with van der Waals surface area (Å²) in [6.07, 6.45) is 1.90. The van der Waals surface area contributed by atoms with Crippen LogP contribution >= 0.6 is 47.8 Å². The van der Waals surface area contributed by atoms with E-state index >= 15 is 0 Å². The smallest absolute Gasteiger partial charge is 0.0947 e. The summed E-state index contributed by atoms with van der Waals surface area (Å²) in [7, 11) is 0. The van der Waals surface area contributed by atoms with Gasteiger partial charge in [-0.2, -0.15) is 0 Å². The number of rotatable bonds is 2. The molecule has 0 aliphatic carbocycles. The van der Waals surface area contributed by atoms with Crippen molar-refractivity contribution in [1.29, 1.82) is 0 Å². The number of aryl methyl sites for hydroxylation is 1. The minimum absolute atomic E-state index is 0.702. The van der Waals surface area contributed by atoms with Gasteiger partial charge in [0.1, 0.15) is 0 Å². The van der Waals surface area contributed by atoms with Gasteiger partial charge in [-0.05, 0) is 56.5 Å². The van der Waals surface area contributed by atoms with E-state index < -0.39 is 0 Å². The fourth-order valence-electron chi connectivity index (χ4n) is 1.38. The summed E-state index contributed by atoms with van der Waals surface area (Å²) in [6, 6.07) is 4.10. The van der Waals surface area contributed by atoms with E-state index in [2.05, 4.69) is 70.2 Å². The molecule has 84 valence electrons. The molecule has 0 unspecified atom stereocenters. The molecule has 0 saturated carbocycles. The maximum atomic E-state index is 4.09. The molecule has 2 aromatic rings. The zero-order valence-electron chi connectivity index (χ0n) is 8.41. The third-order valence-electron chi connectivity index (χ3n) is 2.07. The molecule has 0 aliphatic rings. The number of nitrogens with zero attached hydrogens (tertiary/aromatic N) is 3. The van der Waals surface area contributed by atoms with Gasteiger partial charge in [-0.3, -0.25) is 0 Å². The van der Waals surface area contributed by atoms with Gasteiger partial charge in [0, 0.05) is 14.3 Å². The average Bonchev–Trinajstić information content (AvgIpc) is 2.64. The first-order chi connectivity index (χ1) is 7.61. The molecule has 0 atom stereocenters. The fraction of sp³-hybridized carbons (Fsp3) is 0.200. The summed E-state index contributed by atoms with van der Waals surface area (Å²) in [5.41, 5.74) is 3.05. The van der Waals surface area contributed by atoms with Crippen LogP contribution in [0.2, 0.25) is 0 Å². The first-order valence-electron chi connectivity index (χ1n) is 4.55. The maximum absolute atomic E-state index is 4.09. The number of alkyl halides is 1. The molecule has 1 aromatic heterocycles. The Labute approximate surface area is 119 Å². The molecule has 0 amide bonds. The van der Waals surface area contributed by atoms with Crippen LogP contribution < -0.4 is 0 Å². The summed E-state index contributed by atoms with van der Waals surface area (Å²) in [6.45, 7) is 2.05. The normalized spacial score (nSPS) is 10.8. The van der Waals surface area contributed by atoms with Gasteiger partial charge in [-0.1, -0.05) is 21.1 Å². The van der Waals surface area contributed by atoms with E-state index in [1.807, 2.05) is 13.1 Å². The van der Waals surface area contributed by atoms with Gasteiger partial charge in [-0.25, -0.2) is 4.68 Å². The van der Waals surface area contributed by atoms with E-state index in [9.17, 15) is 0 Å². The highest BCUT2D eigenvalue weighted by molar-refractivity contribution is 9.11. The standard InChI is InChI=1S/C10H8Br3N3/c1-6-2-8(12)10(9(13)3-6)16-5-7(4-11)14-15-16/h2-3,5H,4H2,1H3. The van der Waals surface area contributed by atoms with Gasteiger partial charge in [0.2, 0.25) is 0 Å².